The van der Waals surface area contributed by atoms with E-state index >= 15 is 0 Å². The third kappa shape index (κ3) is 4.01. The Morgan fingerprint density at radius 2 is 1.73 bits per heavy atom. The zero-order valence-electron chi connectivity index (χ0n) is 13.1. The minimum absolute atomic E-state index is 0.0595. The summed E-state index contributed by atoms with van der Waals surface area (Å²) in [6.07, 6.45) is 0.718. The van der Waals surface area contributed by atoms with Crippen LogP contribution in [0.2, 0.25) is 0 Å². The molecule has 0 radical (unpaired) electrons. The third-order valence-electron chi connectivity index (χ3n) is 3.47. The summed E-state index contributed by atoms with van der Waals surface area (Å²) in [4.78, 5) is 11.5. The van der Waals surface area contributed by atoms with E-state index in [1.54, 1.807) is 14.2 Å². The van der Waals surface area contributed by atoms with E-state index < -0.39 is 0 Å². The molecule has 0 aliphatic heterocycles. The zero-order valence-corrected chi connectivity index (χ0v) is 13.1. The highest BCUT2D eigenvalue weighted by Gasteiger charge is 2.16. The first-order valence-corrected chi connectivity index (χ1v) is 7.17. The summed E-state index contributed by atoms with van der Waals surface area (Å²) in [5.41, 5.74) is 2.15. The van der Waals surface area contributed by atoms with Crippen LogP contribution >= 0.6 is 0 Å². The Hall–Kier alpha value is -2.49. The molecule has 1 unspecified atom stereocenters. The normalized spacial score (nSPS) is 11.6. The number of hydrogen-bond acceptors (Lipinski definition) is 3. The molecule has 2 rings (SSSR count). The van der Waals surface area contributed by atoms with E-state index in [1.807, 2.05) is 36.4 Å². The van der Waals surface area contributed by atoms with Crippen molar-refractivity contribution in [1.82, 2.24) is 5.32 Å². The van der Waals surface area contributed by atoms with Gasteiger partial charge < -0.3 is 14.8 Å². The molecule has 0 aliphatic rings. The van der Waals surface area contributed by atoms with Crippen molar-refractivity contribution in [3.63, 3.8) is 0 Å². The smallest absolute Gasteiger partial charge is 0.217 e. The van der Waals surface area contributed by atoms with Gasteiger partial charge in [-0.1, -0.05) is 36.4 Å². The number of hydrogen-bond donors (Lipinski definition) is 1. The highest BCUT2D eigenvalue weighted by molar-refractivity contribution is 5.73. The maximum absolute atomic E-state index is 11.5. The molecule has 22 heavy (non-hydrogen) atoms. The van der Waals surface area contributed by atoms with Crippen LogP contribution in [-0.4, -0.2) is 20.1 Å². The summed E-state index contributed by atoms with van der Waals surface area (Å²) in [6, 6.07) is 15.7. The van der Waals surface area contributed by atoms with E-state index in [0.29, 0.717) is 11.5 Å². The topological polar surface area (TPSA) is 47.6 Å². The molecule has 0 aliphatic carbocycles. The van der Waals surface area contributed by atoms with E-state index in [1.165, 1.54) is 6.92 Å². The monoisotopic (exact) mass is 299 g/mol. The third-order valence-corrected chi connectivity index (χ3v) is 3.47. The van der Waals surface area contributed by atoms with Crippen molar-refractivity contribution in [1.29, 1.82) is 0 Å². The van der Waals surface area contributed by atoms with E-state index in [-0.39, 0.29) is 11.9 Å². The fourth-order valence-electron chi connectivity index (χ4n) is 2.42. The Bertz CT molecular complexity index is 625. The minimum atomic E-state index is -0.111. The van der Waals surface area contributed by atoms with Gasteiger partial charge in [0.05, 0.1) is 20.3 Å². The van der Waals surface area contributed by atoms with E-state index in [9.17, 15) is 4.79 Å². The van der Waals surface area contributed by atoms with Gasteiger partial charge in [0, 0.05) is 6.92 Å². The lowest BCUT2D eigenvalue weighted by molar-refractivity contribution is -0.119. The van der Waals surface area contributed by atoms with Gasteiger partial charge in [0.2, 0.25) is 5.91 Å². The molecule has 1 N–H and O–H groups in total. The number of methoxy groups -OCH3 is 2. The van der Waals surface area contributed by atoms with Gasteiger partial charge in [-0.3, -0.25) is 4.79 Å². The molecule has 0 saturated carbocycles. The average Bonchev–Trinajstić information content (AvgIpc) is 2.54. The second-order valence-corrected chi connectivity index (χ2v) is 5.06. The Kier molecular flexibility index (Phi) is 5.42. The quantitative estimate of drug-likeness (QED) is 0.891. The molecular formula is C18H21NO3. The lowest BCUT2D eigenvalue weighted by Gasteiger charge is -2.20. The van der Waals surface area contributed by atoms with Crippen LogP contribution in [0.1, 0.15) is 24.1 Å². The first-order valence-electron chi connectivity index (χ1n) is 7.17. The lowest BCUT2D eigenvalue weighted by Crippen LogP contribution is -2.27. The first kappa shape index (κ1) is 15.9. The summed E-state index contributed by atoms with van der Waals surface area (Å²) in [6.45, 7) is 1.53. The fourth-order valence-corrected chi connectivity index (χ4v) is 2.42. The molecule has 0 aromatic heterocycles. The molecule has 2 aromatic carbocycles. The van der Waals surface area contributed by atoms with Gasteiger partial charge in [0.1, 0.15) is 0 Å². The second kappa shape index (κ2) is 7.50. The summed E-state index contributed by atoms with van der Waals surface area (Å²) in [5.74, 6) is 1.27. The predicted molar refractivity (Wildman–Crippen MR) is 86.2 cm³/mol. The Morgan fingerprint density at radius 3 is 2.32 bits per heavy atom. The van der Waals surface area contributed by atoms with E-state index in [2.05, 4.69) is 17.4 Å². The molecule has 0 spiro atoms. The average molecular weight is 299 g/mol. The van der Waals surface area contributed by atoms with Gasteiger partial charge in [0.15, 0.2) is 11.5 Å². The molecule has 4 nitrogen and oxygen atoms in total. The largest absolute Gasteiger partial charge is 0.493 e. The van der Waals surface area contributed by atoms with Crippen molar-refractivity contribution in [3.05, 3.63) is 59.7 Å². The van der Waals surface area contributed by atoms with Gasteiger partial charge in [-0.25, -0.2) is 0 Å². The molecule has 1 atom stereocenters. The number of benzene rings is 2. The van der Waals surface area contributed by atoms with Crippen LogP contribution in [0.3, 0.4) is 0 Å². The number of carbonyl (C=O) groups excluding carboxylic acids is 1. The van der Waals surface area contributed by atoms with E-state index in [0.717, 1.165) is 17.5 Å². The van der Waals surface area contributed by atoms with E-state index in [4.69, 9.17) is 9.47 Å². The fraction of sp³-hybridized carbons (Fsp3) is 0.278. The molecule has 0 heterocycles. The molecule has 4 heteroatoms. The van der Waals surface area contributed by atoms with Crippen LogP contribution in [0.5, 0.6) is 11.5 Å². The van der Waals surface area contributed by atoms with Crippen molar-refractivity contribution in [2.45, 2.75) is 19.4 Å². The van der Waals surface area contributed by atoms with Crippen LogP contribution in [0.25, 0.3) is 0 Å². The Morgan fingerprint density at radius 1 is 1.05 bits per heavy atom. The van der Waals surface area contributed by atoms with Crippen molar-refractivity contribution in [3.8, 4) is 11.5 Å². The van der Waals surface area contributed by atoms with Crippen molar-refractivity contribution >= 4 is 5.91 Å². The van der Waals surface area contributed by atoms with Gasteiger partial charge in [-0.15, -0.1) is 0 Å². The SMILES string of the molecule is COc1ccc(C(Cc2ccccc2)NC(C)=O)cc1OC. The van der Waals surface area contributed by atoms with Gasteiger partial charge in [0.25, 0.3) is 0 Å². The summed E-state index contributed by atoms with van der Waals surface area (Å²) in [5, 5.41) is 3.00. The van der Waals surface area contributed by atoms with Crippen LogP contribution < -0.4 is 14.8 Å². The van der Waals surface area contributed by atoms with Gasteiger partial charge in [-0.2, -0.15) is 0 Å². The highest BCUT2D eigenvalue weighted by atomic mass is 16.5. The molecule has 2 aromatic rings. The molecule has 0 saturated heterocycles. The minimum Gasteiger partial charge on any atom is -0.493 e. The number of ether oxygens (including phenoxy) is 2. The maximum atomic E-state index is 11.5. The van der Waals surface area contributed by atoms with Crippen LogP contribution in [-0.2, 0) is 11.2 Å². The van der Waals surface area contributed by atoms with Gasteiger partial charge in [-0.05, 0) is 29.7 Å². The highest BCUT2D eigenvalue weighted by Crippen LogP contribution is 2.31. The molecule has 0 fully saturated rings. The molecule has 116 valence electrons. The molecular weight excluding hydrogens is 278 g/mol. The lowest BCUT2D eigenvalue weighted by atomic mass is 9.98. The van der Waals surface area contributed by atoms with Crippen molar-refractivity contribution in [2.75, 3.05) is 14.2 Å². The summed E-state index contributed by atoms with van der Waals surface area (Å²) >= 11 is 0. The first-order chi connectivity index (χ1) is 10.6. The van der Waals surface area contributed by atoms with Crippen molar-refractivity contribution in [2.24, 2.45) is 0 Å². The molecule has 0 bridgehead atoms. The standard InChI is InChI=1S/C18H21NO3/c1-13(20)19-16(11-14-7-5-4-6-8-14)15-9-10-17(21-2)18(12-15)22-3/h4-10,12,16H,11H2,1-3H3,(H,19,20). The van der Waals surface area contributed by atoms with Gasteiger partial charge >= 0.3 is 0 Å². The molecule has 1 amide bonds. The zero-order chi connectivity index (χ0) is 15.9. The van der Waals surface area contributed by atoms with Crippen LogP contribution in [0.15, 0.2) is 48.5 Å². The Labute approximate surface area is 131 Å². The second-order valence-electron chi connectivity index (χ2n) is 5.06. The number of carbonyl (C=O) groups is 1. The number of rotatable bonds is 6. The summed E-state index contributed by atoms with van der Waals surface area (Å²) < 4.78 is 10.6. The van der Waals surface area contributed by atoms with Crippen LogP contribution in [0, 0.1) is 0 Å². The maximum Gasteiger partial charge on any atom is 0.217 e. The number of amides is 1. The predicted octanol–water partition coefficient (Wildman–Crippen LogP) is 3.12. The van der Waals surface area contributed by atoms with Crippen LogP contribution in [0.4, 0.5) is 0 Å². The van der Waals surface area contributed by atoms with Crippen molar-refractivity contribution < 1.29 is 14.3 Å². The number of nitrogens with one attached hydrogen (secondary N) is 1. The summed E-state index contributed by atoms with van der Waals surface area (Å²) in [7, 11) is 3.21. The Balaban J connectivity index is 2.30.